The van der Waals surface area contributed by atoms with Crippen molar-refractivity contribution in [3.63, 3.8) is 0 Å². The van der Waals surface area contributed by atoms with Crippen molar-refractivity contribution in [2.75, 3.05) is 19.4 Å². The number of nitrogens with one attached hydrogen (secondary N) is 2. The van der Waals surface area contributed by atoms with E-state index in [-0.39, 0.29) is 30.1 Å². The van der Waals surface area contributed by atoms with Gasteiger partial charge in [0.15, 0.2) is 5.96 Å². The molecule has 2 aliphatic rings. The minimum absolute atomic E-state index is 0. The molecule has 6 nitrogen and oxygen atoms in total. The Labute approximate surface area is 200 Å². The Bertz CT molecular complexity index is 759. The first-order chi connectivity index (χ1) is 14.0. The van der Waals surface area contributed by atoms with Gasteiger partial charge in [0.1, 0.15) is 17.6 Å². The molecule has 30 heavy (non-hydrogen) atoms. The fourth-order valence-corrected chi connectivity index (χ4v) is 5.57. The fraction of sp³-hybridized carbons (Fsp3) is 0.682. The van der Waals surface area contributed by atoms with Crippen LogP contribution in [0.3, 0.4) is 0 Å². The number of aliphatic imine (C=N–C) groups is 1. The molecule has 4 unspecified atom stereocenters. The second-order valence-electron chi connectivity index (χ2n) is 7.86. The Kier molecular flexibility index (Phi) is 10.2. The normalized spacial score (nSPS) is 24.3. The molecule has 1 aromatic carbocycles. The van der Waals surface area contributed by atoms with Crippen molar-refractivity contribution in [3.05, 3.63) is 23.3 Å². The summed E-state index contributed by atoms with van der Waals surface area (Å²) < 4.78 is 24.0. The van der Waals surface area contributed by atoms with Crippen LogP contribution in [0.25, 0.3) is 0 Å². The van der Waals surface area contributed by atoms with Gasteiger partial charge in [-0.1, -0.05) is 13.3 Å². The van der Waals surface area contributed by atoms with Crippen LogP contribution < -0.4 is 20.1 Å². The molecule has 1 heterocycles. The lowest BCUT2D eigenvalue weighted by Crippen LogP contribution is -2.46. The maximum absolute atomic E-state index is 12.2. The first-order valence-corrected chi connectivity index (χ1v) is 12.2. The SMILES string of the molecule is CCOc1cc2c(cc1CNC(=NC)NC1CCCC(S(=O)CC)C1)OC(C)C2.I. The van der Waals surface area contributed by atoms with E-state index in [2.05, 4.69) is 34.7 Å². The van der Waals surface area contributed by atoms with E-state index in [9.17, 15) is 4.21 Å². The van der Waals surface area contributed by atoms with Gasteiger partial charge in [-0.25, -0.2) is 0 Å². The summed E-state index contributed by atoms with van der Waals surface area (Å²) in [6.45, 7) is 7.34. The Balaban J connectivity index is 0.00000320. The molecule has 0 saturated heterocycles. The highest BCUT2D eigenvalue weighted by Gasteiger charge is 2.26. The third-order valence-electron chi connectivity index (χ3n) is 5.67. The zero-order valence-corrected chi connectivity index (χ0v) is 21.7. The number of hydrogen-bond acceptors (Lipinski definition) is 4. The zero-order chi connectivity index (χ0) is 20.8. The van der Waals surface area contributed by atoms with Gasteiger partial charge in [0.05, 0.1) is 6.61 Å². The van der Waals surface area contributed by atoms with Crippen LogP contribution in [0.2, 0.25) is 0 Å². The Morgan fingerprint density at radius 3 is 2.83 bits per heavy atom. The first-order valence-electron chi connectivity index (χ1n) is 10.8. The highest BCUT2D eigenvalue weighted by atomic mass is 127. The van der Waals surface area contributed by atoms with Crippen LogP contribution in [0.4, 0.5) is 0 Å². The number of rotatable bonds is 7. The number of halogens is 1. The number of nitrogens with zero attached hydrogens (tertiary/aromatic N) is 1. The van der Waals surface area contributed by atoms with Gasteiger partial charge in [0.2, 0.25) is 0 Å². The summed E-state index contributed by atoms with van der Waals surface area (Å²) in [4.78, 5) is 4.39. The Morgan fingerprint density at radius 1 is 1.33 bits per heavy atom. The lowest BCUT2D eigenvalue weighted by molar-refractivity contribution is 0.254. The molecular weight excluding hydrogens is 513 g/mol. The Morgan fingerprint density at radius 2 is 2.13 bits per heavy atom. The van der Waals surface area contributed by atoms with Crippen LogP contribution >= 0.6 is 24.0 Å². The zero-order valence-electron chi connectivity index (χ0n) is 18.5. The summed E-state index contributed by atoms with van der Waals surface area (Å²) in [6.07, 6.45) is 5.34. The molecule has 4 atom stereocenters. The van der Waals surface area contributed by atoms with Crippen LogP contribution in [0.1, 0.15) is 57.6 Å². The second kappa shape index (κ2) is 12.1. The standard InChI is InChI=1S/C22H35N3O3S.HI/c1-5-27-20-11-16-10-15(3)28-21(16)12-17(20)14-24-22(23-4)25-18-8-7-9-19(13-18)29(26)6-2;/h11-12,15,18-19H,5-10,13-14H2,1-4H3,(H2,23,24,25);1H. The summed E-state index contributed by atoms with van der Waals surface area (Å²) in [5.74, 6) is 3.37. The maximum Gasteiger partial charge on any atom is 0.191 e. The number of fused-ring (bicyclic) bond motifs is 1. The molecule has 1 aliphatic carbocycles. The Hall–Kier alpha value is -1.03. The van der Waals surface area contributed by atoms with Crippen molar-refractivity contribution >= 4 is 40.7 Å². The van der Waals surface area contributed by atoms with E-state index in [1.54, 1.807) is 7.05 Å². The molecule has 2 N–H and O–H groups in total. The van der Waals surface area contributed by atoms with Gasteiger partial charge in [-0.05, 0) is 45.2 Å². The molecule has 1 saturated carbocycles. The van der Waals surface area contributed by atoms with Gasteiger partial charge in [0.25, 0.3) is 0 Å². The molecule has 0 aromatic heterocycles. The van der Waals surface area contributed by atoms with Crippen LogP contribution in [0, 0.1) is 0 Å². The van der Waals surface area contributed by atoms with E-state index in [4.69, 9.17) is 9.47 Å². The van der Waals surface area contributed by atoms with E-state index >= 15 is 0 Å². The molecule has 0 amide bonds. The molecular formula is C22H36IN3O3S. The maximum atomic E-state index is 12.2. The van der Waals surface area contributed by atoms with Crippen LogP contribution in [-0.4, -0.2) is 47.0 Å². The highest BCUT2D eigenvalue weighted by molar-refractivity contribution is 14.0. The van der Waals surface area contributed by atoms with Gasteiger partial charge in [-0.15, -0.1) is 24.0 Å². The third kappa shape index (κ3) is 6.48. The molecule has 0 spiro atoms. The summed E-state index contributed by atoms with van der Waals surface area (Å²) >= 11 is 0. The van der Waals surface area contributed by atoms with Gasteiger partial charge in [-0.2, -0.15) is 0 Å². The van der Waals surface area contributed by atoms with Crippen molar-refractivity contribution < 1.29 is 13.7 Å². The van der Waals surface area contributed by atoms with E-state index in [0.717, 1.165) is 60.9 Å². The summed E-state index contributed by atoms with van der Waals surface area (Å²) in [5, 5.41) is 7.24. The number of benzene rings is 1. The van der Waals surface area contributed by atoms with Crippen LogP contribution in [0.5, 0.6) is 11.5 Å². The summed E-state index contributed by atoms with van der Waals surface area (Å²) in [7, 11) is 1.06. The largest absolute Gasteiger partial charge is 0.494 e. The third-order valence-corrected chi connectivity index (χ3v) is 7.41. The van der Waals surface area contributed by atoms with E-state index < -0.39 is 10.8 Å². The van der Waals surface area contributed by atoms with Crippen molar-refractivity contribution in [2.24, 2.45) is 4.99 Å². The van der Waals surface area contributed by atoms with E-state index in [0.29, 0.717) is 24.4 Å². The number of ether oxygens (including phenoxy) is 2. The highest BCUT2D eigenvalue weighted by Crippen LogP contribution is 2.35. The number of hydrogen-bond donors (Lipinski definition) is 2. The predicted octanol–water partition coefficient (Wildman–Crippen LogP) is 3.77. The molecule has 8 heteroatoms. The van der Waals surface area contributed by atoms with Crippen LogP contribution in [-0.2, 0) is 23.8 Å². The molecule has 0 radical (unpaired) electrons. The predicted molar refractivity (Wildman–Crippen MR) is 135 cm³/mol. The smallest absolute Gasteiger partial charge is 0.191 e. The van der Waals surface area contributed by atoms with Gasteiger partial charge in [-0.3, -0.25) is 9.20 Å². The number of guanidine groups is 1. The van der Waals surface area contributed by atoms with Gasteiger partial charge in [0, 0.05) is 59.0 Å². The minimum atomic E-state index is -0.724. The second-order valence-corrected chi connectivity index (χ2v) is 9.86. The first kappa shape index (κ1) is 25.2. The lowest BCUT2D eigenvalue weighted by atomic mass is 9.95. The van der Waals surface area contributed by atoms with Crippen molar-refractivity contribution in [2.45, 2.75) is 76.8 Å². The molecule has 1 fully saturated rings. The average molecular weight is 550 g/mol. The quantitative estimate of drug-likeness (QED) is 0.308. The average Bonchev–Trinajstić information content (AvgIpc) is 3.09. The van der Waals surface area contributed by atoms with E-state index in [1.807, 2.05) is 13.8 Å². The van der Waals surface area contributed by atoms with Gasteiger partial charge >= 0.3 is 0 Å². The summed E-state index contributed by atoms with van der Waals surface area (Å²) in [6, 6.07) is 4.51. The van der Waals surface area contributed by atoms with Gasteiger partial charge < -0.3 is 20.1 Å². The lowest BCUT2D eigenvalue weighted by Gasteiger charge is -2.30. The fourth-order valence-electron chi connectivity index (χ4n) is 4.23. The van der Waals surface area contributed by atoms with Crippen molar-refractivity contribution in [3.8, 4) is 11.5 Å². The summed E-state index contributed by atoms with van der Waals surface area (Å²) in [5.41, 5.74) is 2.28. The topological polar surface area (TPSA) is 72.0 Å². The molecule has 3 rings (SSSR count). The minimum Gasteiger partial charge on any atom is -0.494 e. The molecule has 0 bridgehead atoms. The van der Waals surface area contributed by atoms with Crippen molar-refractivity contribution in [1.29, 1.82) is 0 Å². The molecule has 1 aliphatic heterocycles. The molecule has 170 valence electrons. The van der Waals surface area contributed by atoms with Crippen LogP contribution in [0.15, 0.2) is 17.1 Å². The van der Waals surface area contributed by atoms with E-state index in [1.165, 1.54) is 5.56 Å². The van der Waals surface area contributed by atoms with Crippen molar-refractivity contribution in [1.82, 2.24) is 10.6 Å². The molecule has 1 aromatic rings. The monoisotopic (exact) mass is 549 g/mol.